The summed E-state index contributed by atoms with van der Waals surface area (Å²) in [5, 5.41) is 11.4. The standard InChI is InChI=1S/C25H32N4O8/c1-15-10-18(29-37-15)22(31)27-20(13-35-4)24(33)28-19(12-34-3)23(32)26-17(21(30)25(2)14-36-25)11-16-8-6-5-7-9-16/h5-10,17,19-20H,11-14H2,1-4H3,(H,26,32)(H,27,31)(H,28,33)/t17?,19-,20?,25?/m0/s1. The molecular weight excluding hydrogens is 484 g/mol. The summed E-state index contributed by atoms with van der Waals surface area (Å²) in [5.41, 5.74) is -0.112. The summed E-state index contributed by atoms with van der Waals surface area (Å²) in [6.45, 7) is 3.23. The monoisotopic (exact) mass is 516 g/mol. The number of hydrogen-bond donors (Lipinski definition) is 3. The van der Waals surface area contributed by atoms with Crippen LogP contribution in [0, 0.1) is 6.92 Å². The maximum Gasteiger partial charge on any atom is 0.274 e. The maximum atomic E-state index is 13.2. The number of methoxy groups -OCH3 is 2. The molecule has 3 amide bonds. The van der Waals surface area contributed by atoms with E-state index in [-0.39, 0.29) is 37.7 Å². The second-order valence-electron chi connectivity index (χ2n) is 8.96. The fourth-order valence-corrected chi connectivity index (χ4v) is 3.63. The molecule has 1 aromatic heterocycles. The molecule has 1 fully saturated rings. The smallest absolute Gasteiger partial charge is 0.274 e. The summed E-state index contributed by atoms with van der Waals surface area (Å²) in [5.74, 6) is -1.79. The Bertz CT molecular complexity index is 1100. The lowest BCUT2D eigenvalue weighted by atomic mass is 9.94. The van der Waals surface area contributed by atoms with Crippen LogP contribution < -0.4 is 16.0 Å². The van der Waals surface area contributed by atoms with Crippen LogP contribution in [0.3, 0.4) is 0 Å². The molecule has 12 nitrogen and oxygen atoms in total. The van der Waals surface area contributed by atoms with Crippen molar-refractivity contribution in [2.45, 2.75) is 44.0 Å². The van der Waals surface area contributed by atoms with Crippen LogP contribution in [0.15, 0.2) is 40.9 Å². The van der Waals surface area contributed by atoms with Gasteiger partial charge in [0.05, 0.1) is 25.9 Å². The summed E-state index contributed by atoms with van der Waals surface area (Å²) < 4.78 is 20.4. The summed E-state index contributed by atoms with van der Waals surface area (Å²) in [7, 11) is 2.74. The van der Waals surface area contributed by atoms with Gasteiger partial charge in [0.15, 0.2) is 11.5 Å². The van der Waals surface area contributed by atoms with Gasteiger partial charge in [-0.2, -0.15) is 0 Å². The Labute approximate surface area is 214 Å². The van der Waals surface area contributed by atoms with Gasteiger partial charge in [0.1, 0.15) is 23.4 Å². The zero-order valence-electron chi connectivity index (χ0n) is 21.2. The minimum absolute atomic E-state index is 0.00403. The number of epoxide rings is 1. The number of nitrogens with one attached hydrogen (secondary N) is 3. The van der Waals surface area contributed by atoms with E-state index in [1.807, 2.05) is 30.3 Å². The Kier molecular flexibility index (Phi) is 9.50. The zero-order chi connectivity index (χ0) is 27.0. The minimum atomic E-state index is -1.15. The number of carbonyl (C=O) groups excluding carboxylic acids is 4. The fraction of sp³-hybridized carbons (Fsp3) is 0.480. The third-order valence-corrected chi connectivity index (χ3v) is 5.80. The number of benzene rings is 1. The van der Waals surface area contributed by atoms with Crippen molar-refractivity contribution in [1.82, 2.24) is 21.1 Å². The third kappa shape index (κ3) is 7.68. The number of rotatable bonds is 14. The molecule has 3 rings (SSSR count). The van der Waals surface area contributed by atoms with E-state index < -0.39 is 41.4 Å². The van der Waals surface area contributed by atoms with E-state index in [4.69, 9.17) is 18.7 Å². The molecule has 2 heterocycles. The van der Waals surface area contributed by atoms with E-state index >= 15 is 0 Å². The van der Waals surface area contributed by atoms with Crippen molar-refractivity contribution in [3.63, 3.8) is 0 Å². The predicted molar refractivity (Wildman–Crippen MR) is 130 cm³/mol. The second kappa shape index (κ2) is 12.6. The molecule has 0 saturated carbocycles. The molecule has 4 atom stereocenters. The molecule has 1 aliphatic rings. The predicted octanol–water partition coefficient (Wildman–Crippen LogP) is -0.0555. The SMILES string of the molecule is COCC(NC(=O)c1cc(C)on1)C(=O)N[C@@H](COC)C(=O)NC(Cc1ccccc1)C(=O)C1(C)CO1. The van der Waals surface area contributed by atoms with Crippen LogP contribution in [0.1, 0.15) is 28.7 Å². The van der Waals surface area contributed by atoms with Gasteiger partial charge in [0.25, 0.3) is 5.91 Å². The Morgan fingerprint density at radius 3 is 2.05 bits per heavy atom. The molecule has 12 heteroatoms. The maximum absolute atomic E-state index is 13.2. The number of Topliss-reactive ketones (excluding diaryl/α,β-unsaturated/α-hetero) is 1. The van der Waals surface area contributed by atoms with Crippen molar-refractivity contribution in [1.29, 1.82) is 0 Å². The largest absolute Gasteiger partial charge is 0.382 e. The summed E-state index contributed by atoms with van der Waals surface area (Å²) in [4.78, 5) is 51.8. The first kappa shape index (κ1) is 28.0. The quantitative estimate of drug-likeness (QED) is 0.292. The number of hydrogen-bond acceptors (Lipinski definition) is 9. The number of nitrogens with zero attached hydrogens (tertiary/aromatic N) is 1. The summed E-state index contributed by atoms with van der Waals surface area (Å²) in [6.07, 6.45) is 0.248. The van der Waals surface area contributed by atoms with E-state index in [1.165, 1.54) is 20.3 Å². The Morgan fingerprint density at radius 1 is 0.973 bits per heavy atom. The first-order valence-corrected chi connectivity index (χ1v) is 11.7. The first-order chi connectivity index (χ1) is 17.7. The average Bonchev–Trinajstić information content (AvgIpc) is 3.48. The molecule has 3 unspecified atom stereocenters. The van der Waals surface area contributed by atoms with Gasteiger partial charge in [-0.05, 0) is 25.8 Å². The van der Waals surface area contributed by atoms with E-state index in [0.29, 0.717) is 5.76 Å². The van der Waals surface area contributed by atoms with Crippen LogP contribution in [0.5, 0.6) is 0 Å². The lowest BCUT2D eigenvalue weighted by molar-refractivity contribution is -0.134. The lowest BCUT2D eigenvalue weighted by Crippen LogP contribution is -2.59. The van der Waals surface area contributed by atoms with Gasteiger partial charge >= 0.3 is 0 Å². The highest BCUT2D eigenvalue weighted by Crippen LogP contribution is 2.29. The lowest BCUT2D eigenvalue weighted by Gasteiger charge is -2.25. The van der Waals surface area contributed by atoms with Gasteiger partial charge in [0, 0.05) is 20.3 Å². The van der Waals surface area contributed by atoms with E-state index in [2.05, 4.69) is 21.1 Å². The molecular formula is C25H32N4O8. The van der Waals surface area contributed by atoms with Crippen molar-refractivity contribution in [3.05, 3.63) is 53.4 Å². The highest BCUT2D eigenvalue weighted by atomic mass is 16.6. The molecule has 1 saturated heterocycles. The molecule has 1 aromatic carbocycles. The second-order valence-corrected chi connectivity index (χ2v) is 8.96. The number of ether oxygens (including phenoxy) is 3. The van der Waals surface area contributed by atoms with Crippen LogP contribution in [-0.4, -0.2) is 86.4 Å². The highest BCUT2D eigenvalue weighted by Gasteiger charge is 2.50. The van der Waals surface area contributed by atoms with Gasteiger partial charge in [-0.25, -0.2) is 0 Å². The van der Waals surface area contributed by atoms with Crippen LogP contribution in [0.2, 0.25) is 0 Å². The van der Waals surface area contributed by atoms with Gasteiger partial charge in [-0.3, -0.25) is 19.2 Å². The van der Waals surface area contributed by atoms with E-state index in [0.717, 1.165) is 5.56 Å². The molecule has 200 valence electrons. The molecule has 0 spiro atoms. The van der Waals surface area contributed by atoms with E-state index in [1.54, 1.807) is 13.8 Å². The Morgan fingerprint density at radius 2 is 1.54 bits per heavy atom. The Hall–Kier alpha value is -3.61. The number of aromatic nitrogens is 1. The molecule has 1 aliphatic heterocycles. The number of ketones is 1. The molecule has 0 bridgehead atoms. The molecule has 0 radical (unpaired) electrons. The number of aryl methyl sites for hydroxylation is 1. The molecule has 3 N–H and O–H groups in total. The van der Waals surface area contributed by atoms with Crippen LogP contribution in [0.25, 0.3) is 0 Å². The first-order valence-electron chi connectivity index (χ1n) is 11.7. The normalized spacial score (nSPS) is 18.8. The van der Waals surface area contributed by atoms with Crippen LogP contribution >= 0.6 is 0 Å². The van der Waals surface area contributed by atoms with Crippen molar-refractivity contribution in [3.8, 4) is 0 Å². The number of amides is 3. The van der Waals surface area contributed by atoms with Crippen molar-refractivity contribution < 1.29 is 37.9 Å². The number of carbonyl (C=O) groups is 4. The highest BCUT2D eigenvalue weighted by molar-refractivity contribution is 5.99. The van der Waals surface area contributed by atoms with Gasteiger partial charge in [0.2, 0.25) is 11.8 Å². The molecule has 0 aliphatic carbocycles. The summed E-state index contributed by atoms with van der Waals surface area (Å²) in [6, 6.07) is 7.49. The summed E-state index contributed by atoms with van der Waals surface area (Å²) >= 11 is 0. The van der Waals surface area contributed by atoms with Gasteiger partial charge in [-0.15, -0.1) is 0 Å². The average molecular weight is 517 g/mol. The van der Waals surface area contributed by atoms with E-state index in [9.17, 15) is 19.2 Å². The van der Waals surface area contributed by atoms with Gasteiger partial charge < -0.3 is 34.7 Å². The minimum Gasteiger partial charge on any atom is -0.382 e. The van der Waals surface area contributed by atoms with Crippen LogP contribution in [0.4, 0.5) is 0 Å². The topological polar surface area (TPSA) is 161 Å². The van der Waals surface area contributed by atoms with Crippen molar-refractivity contribution in [2.24, 2.45) is 0 Å². The third-order valence-electron chi connectivity index (χ3n) is 5.80. The van der Waals surface area contributed by atoms with Crippen molar-refractivity contribution in [2.75, 3.05) is 34.0 Å². The van der Waals surface area contributed by atoms with Gasteiger partial charge in [-0.1, -0.05) is 35.5 Å². The van der Waals surface area contributed by atoms with Crippen molar-refractivity contribution >= 4 is 23.5 Å². The molecule has 37 heavy (non-hydrogen) atoms. The fourth-order valence-electron chi connectivity index (χ4n) is 3.63. The zero-order valence-corrected chi connectivity index (χ0v) is 21.2. The Balaban J connectivity index is 1.70. The molecule has 2 aromatic rings. The van der Waals surface area contributed by atoms with Crippen LogP contribution in [-0.2, 0) is 35.0 Å².